The van der Waals surface area contributed by atoms with Crippen molar-refractivity contribution in [1.29, 1.82) is 0 Å². The summed E-state index contributed by atoms with van der Waals surface area (Å²) in [5.74, 6) is 0.516. The van der Waals surface area contributed by atoms with E-state index in [1.807, 2.05) is 54.6 Å². The number of anilines is 1. The molecule has 0 aliphatic heterocycles. The molecule has 0 spiro atoms. The van der Waals surface area contributed by atoms with E-state index in [0.717, 1.165) is 27.4 Å². The molecule has 4 nitrogen and oxygen atoms in total. The van der Waals surface area contributed by atoms with Crippen molar-refractivity contribution >= 4 is 33.3 Å². The van der Waals surface area contributed by atoms with E-state index in [2.05, 4.69) is 5.32 Å². The molecule has 4 aromatic rings. The van der Waals surface area contributed by atoms with Gasteiger partial charge in [-0.15, -0.1) is 0 Å². The summed E-state index contributed by atoms with van der Waals surface area (Å²) in [5.41, 5.74) is 2.18. The van der Waals surface area contributed by atoms with Gasteiger partial charge in [0.05, 0.1) is 19.8 Å². The van der Waals surface area contributed by atoms with Gasteiger partial charge < -0.3 is 14.5 Å². The van der Waals surface area contributed by atoms with E-state index in [0.29, 0.717) is 11.3 Å². The van der Waals surface area contributed by atoms with E-state index < -0.39 is 0 Å². The number of hydrogen-bond acceptors (Lipinski definition) is 3. The summed E-state index contributed by atoms with van der Waals surface area (Å²) in [5, 5.41) is 5.99. The Balaban J connectivity index is 1.53. The molecule has 4 rings (SSSR count). The summed E-state index contributed by atoms with van der Waals surface area (Å²) in [6, 6.07) is 19.4. The van der Waals surface area contributed by atoms with E-state index in [1.54, 1.807) is 19.4 Å². The number of fused-ring (bicyclic) bond motifs is 2. The minimum atomic E-state index is -0.200. The molecular formula is C21H16NO3. The number of amides is 1. The van der Waals surface area contributed by atoms with Crippen molar-refractivity contribution in [2.24, 2.45) is 0 Å². The summed E-state index contributed by atoms with van der Waals surface area (Å²) in [4.78, 5) is 12.3. The molecule has 123 valence electrons. The van der Waals surface area contributed by atoms with Gasteiger partial charge in [-0.25, -0.2) is 0 Å². The minimum absolute atomic E-state index is 0.200. The fourth-order valence-electron chi connectivity index (χ4n) is 2.85. The largest absolute Gasteiger partial charge is 0.497 e. The van der Waals surface area contributed by atoms with Gasteiger partial charge in [0.2, 0.25) is 5.91 Å². The first kappa shape index (κ1) is 15.3. The Hall–Kier alpha value is -3.27. The minimum Gasteiger partial charge on any atom is -0.497 e. The Morgan fingerprint density at radius 2 is 1.88 bits per heavy atom. The van der Waals surface area contributed by atoms with Crippen molar-refractivity contribution in [3.63, 3.8) is 0 Å². The summed E-state index contributed by atoms with van der Waals surface area (Å²) < 4.78 is 10.7. The highest BCUT2D eigenvalue weighted by atomic mass is 16.5. The van der Waals surface area contributed by atoms with Crippen LogP contribution in [0, 0.1) is 6.42 Å². The van der Waals surface area contributed by atoms with E-state index in [1.165, 1.54) is 6.42 Å². The first-order valence-corrected chi connectivity index (χ1v) is 7.93. The lowest BCUT2D eigenvalue weighted by Crippen LogP contribution is -2.12. The second-order valence-corrected chi connectivity index (χ2v) is 5.75. The predicted octanol–water partition coefficient (Wildman–Crippen LogP) is 4.79. The number of benzene rings is 3. The third kappa shape index (κ3) is 3.06. The highest BCUT2D eigenvalue weighted by Crippen LogP contribution is 2.27. The molecule has 0 saturated heterocycles. The van der Waals surface area contributed by atoms with Crippen LogP contribution < -0.4 is 10.1 Å². The van der Waals surface area contributed by atoms with Crippen LogP contribution in [-0.2, 0) is 4.79 Å². The van der Waals surface area contributed by atoms with Gasteiger partial charge in [0.15, 0.2) is 0 Å². The van der Waals surface area contributed by atoms with Crippen LogP contribution in [0.3, 0.4) is 0 Å². The number of carbonyl (C=O) groups is 1. The van der Waals surface area contributed by atoms with Crippen LogP contribution in [0.15, 0.2) is 71.3 Å². The molecule has 0 aliphatic rings. The molecule has 4 heteroatoms. The van der Waals surface area contributed by atoms with Crippen molar-refractivity contribution in [1.82, 2.24) is 0 Å². The van der Waals surface area contributed by atoms with Crippen molar-refractivity contribution in [3.05, 3.63) is 78.9 Å². The summed E-state index contributed by atoms with van der Waals surface area (Å²) >= 11 is 0. The molecule has 0 fully saturated rings. The second kappa shape index (κ2) is 6.32. The number of ether oxygens (including phenoxy) is 1. The highest BCUT2D eigenvalue weighted by Gasteiger charge is 2.12. The topological polar surface area (TPSA) is 51.5 Å². The molecule has 3 aromatic carbocycles. The maximum absolute atomic E-state index is 12.3. The first-order chi connectivity index (χ1) is 12.2. The molecule has 0 atom stereocenters. The molecule has 1 heterocycles. The third-order valence-corrected chi connectivity index (χ3v) is 4.12. The zero-order chi connectivity index (χ0) is 17.2. The molecule has 0 aliphatic carbocycles. The van der Waals surface area contributed by atoms with Crippen molar-refractivity contribution in [2.75, 3.05) is 12.4 Å². The van der Waals surface area contributed by atoms with Crippen LogP contribution in [-0.4, -0.2) is 13.0 Å². The number of nitrogens with one attached hydrogen (secondary N) is 1. The summed E-state index contributed by atoms with van der Waals surface area (Å²) in [6.45, 7) is 0. The van der Waals surface area contributed by atoms with Gasteiger partial charge in [0, 0.05) is 22.7 Å². The predicted molar refractivity (Wildman–Crippen MR) is 98.7 cm³/mol. The molecule has 0 bridgehead atoms. The molecular weight excluding hydrogens is 314 g/mol. The highest BCUT2D eigenvalue weighted by molar-refractivity contribution is 6.03. The average Bonchev–Trinajstić information content (AvgIpc) is 3.03. The Morgan fingerprint density at radius 3 is 2.72 bits per heavy atom. The number of hydrogen-bond donors (Lipinski definition) is 1. The van der Waals surface area contributed by atoms with Crippen LogP contribution in [0.5, 0.6) is 5.75 Å². The Bertz CT molecular complexity index is 1070. The zero-order valence-corrected chi connectivity index (χ0v) is 13.7. The van der Waals surface area contributed by atoms with E-state index in [4.69, 9.17) is 9.15 Å². The summed E-state index contributed by atoms with van der Waals surface area (Å²) in [7, 11) is 1.61. The molecule has 1 aromatic heterocycles. The van der Waals surface area contributed by atoms with Gasteiger partial charge in [-0.05, 0) is 35.0 Å². The number of carbonyl (C=O) groups excluding carboxylic acids is 1. The molecule has 25 heavy (non-hydrogen) atoms. The Kier molecular flexibility index (Phi) is 3.86. The molecule has 0 saturated carbocycles. The standard InChI is InChI=1S/C21H16NO3/c1-24-18-8-9-19-16(13-25-20(19)12-18)11-21(23)22-17-7-6-14-4-2-3-5-15(14)10-17/h2-13H,1H3,(H,22,23). The van der Waals surface area contributed by atoms with E-state index in [-0.39, 0.29) is 5.91 Å². The fraction of sp³-hybridized carbons (Fsp3) is 0.0476. The van der Waals surface area contributed by atoms with Crippen LogP contribution in [0.2, 0.25) is 0 Å². The number of furan rings is 1. The van der Waals surface area contributed by atoms with Crippen LogP contribution in [0.4, 0.5) is 5.69 Å². The lowest BCUT2D eigenvalue weighted by Gasteiger charge is -2.06. The van der Waals surface area contributed by atoms with Gasteiger partial charge >= 0.3 is 0 Å². The SMILES string of the molecule is COc1ccc2c([CH]C(=O)Nc3ccc4ccccc4c3)coc2c1. The van der Waals surface area contributed by atoms with E-state index >= 15 is 0 Å². The van der Waals surface area contributed by atoms with Crippen molar-refractivity contribution in [2.45, 2.75) is 0 Å². The second-order valence-electron chi connectivity index (χ2n) is 5.75. The molecule has 1 radical (unpaired) electrons. The average molecular weight is 330 g/mol. The van der Waals surface area contributed by atoms with Gasteiger partial charge in [-0.1, -0.05) is 30.3 Å². The molecule has 0 unspecified atom stereocenters. The number of methoxy groups -OCH3 is 1. The van der Waals surface area contributed by atoms with Crippen LogP contribution >= 0.6 is 0 Å². The Morgan fingerprint density at radius 1 is 1.04 bits per heavy atom. The number of rotatable bonds is 4. The zero-order valence-electron chi connectivity index (χ0n) is 13.7. The first-order valence-electron chi connectivity index (χ1n) is 7.93. The maximum Gasteiger partial charge on any atom is 0.233 e. The quantitative estimate of drug-likeness (QED) is 0.585. The lowest BCUT2D eigenvalue weighted by molar-refractivity contribution is -0.112. The van der Waals surface area contributed by atoms with E-state index in [9.17, 15) is 4.79 Å². The molecule has 1 N–H and O–H groups in total. The normalized spacial score (nSPS) is 10.9. The summed E-state index contributed by atoms with van der Waals surface area (Å²) in [6.07, 6.45) is 3.11. The molecule has 1 amide bonds. The van der Waals surface area contributed by atoms with Gasteiger partial charge in [-0.2, -0.15) is 0 Å². The van der Waals surface area contributed by atoms with Crippen LogP contribution in [0.25, 0.3) is 21.7 Å². The van der Waals surface area contributed by atoms with Crippen molar-refractivity contribution < 1.29 is 13.9 Å². The smallest absolute Gasteiger partial charge is 0.233 e. The monoisotopic (exact) mass is 330 g/mol. The fourth-order valence-corrected chi connectivity index (χ4v) is 2.85. The van der Waals surface area contributed by atoms with Crippen LogP contribution in [0.1, 0.15) is 5.56 Å². The van der Waals surface area contributed by atoms with Gasteiger partial charge in [-0.3, -0.25) is 4.79 Å². The lowest BCUT2D eigenvalue weighted by atomic mass is 10.1. The van der Waals surface area contributed by atoms with Gasteiger partial charge in [0.25, 0.3) is 0 Å². The maximum atomic E-state index is 12.3. The van der Waals surface area contributed by atoms with Gasteiger partial charge in [0.1, 0.15) is 11.3 Å². The third-order valence-electron chi connectivity index (χ3n) is 4.12. The Labute approximate surface area is 145 Å². The van der Waals surface area contributed by atoms with Crippen molar-refractivity contribution in [3.8, 4) is 5.75 Å².